The molecule has 0 aromatic carbocycles. The lowest BCUT2D eigenvalue weighted by atomic mass is 10.3. The molecule has 0 unspecified atom stereocenters. The molecule has 2 heterocycles. The quantitative estimate of drug-likeness (QED) is 0.689. The number of thiophene rings is 1. The highest BCUT2D eigenvalue weighted by Crippen LogP contribution is 2.28. The molecule has 0 bridgehead atoms. The van der Waals surface area contributed by atoms with Crippen molar-refractivity contribution in [3.63, 3.8) is 0 Å². The van der Waals surface area contributed by atoms with Crippen LogP contribution < -0.4 is 5.32 Å². The van der Waals surface area contributed by atoms with Gasteiger partial charge in [-0.2, -0.15) is 5.10 Å². The van der Waals surface area contributed by atoms with Crippen LogP contribution in [0.4, 0.5) is 11.5 Å². The van der Waals surface area contributed by atoms with Crippen LogP contribution in [0.3, 0.4) is 0 Å². The molecule has 0 aliphatic rings. The van der Waals surface area contributed by atoms with Gasteiger partial charge in [0.05, 0.1) is 20.4 Å². The number of anilines is 1. The predicted octanol–water partition coefficient (Wildman–Crippen LogP) is 2.26. The number of hydrogen-bond donors (Lipinski definition) is 1. The molecule has 1 N–H and O–H groups in total. The maximum absolute atomic E-state index is 12.0. The van der Waals surface area contributed by atoms with E-state index in [0.717, 1.165) is 17.0 Å². The lowest BCUT2D eigenvalue weighted by Crippen LogP contribution is -2.13. The van der Waals surface area contributed by atoms with Crippen molar-refractivity contribution in [3.05, 3.63) is 37.7 Å². The molecule has 2 aromatic heterocycles. The molecular formula is C11H12N4O3S. The molecule has 100 valence electrons. The molecule has 1 amide bonds. The number of carbonyl (C=O) groups is 1. The molecular weight excluding hydrogens is 268 g/mol. The van der Waals surface area contributed by atoms with E-state index in [1.807, 2.05) is 6.92 Å². The van der Waals surface area contributed by atoms with E-state index in [2.05, 4.69) is 10.4 Å². The van der Waals surface area contributed by atoms with Crippen LogP contribution in [0, 0.1) is 24.0 Å². The zero-order valence-corrected chi connectivity index (χ0v) is 11.4. The van der Waals surface area contributed by atoms with Gasteiger partial charge in [-0.25, -0.2) is 0 Å². The summed E-state index contributed by atoms with van der Waals surface area (Å²) in [5, 5.41) is 17.5. The maximum atomic E-state index is 12.0. The second-order valence-corrected chi connectivity index (χ2v) is 5.31. The number of aromatic nitrogens is 2. The third kappa shape index (κ3) is 2.63. The standard InChI is InChI=1S/C11H12N4O3S/c1-6-4-10(14(3)13-6)12-11(16)9-5-8(15(17)18)7(2)19-9/h4-5H,1-3H3,(H,12,16). The Kier molecular flexibility index (Phi) is 3.34. The van der Waals surface area contributed by atoms with Crippen molar-refractivity contribution < 1.29 is 9.72 Å². The number of aryl methyl sites for hydroxylation is 3. The maximum Gasteiger partial charge on any atom is 0.283 e. The van der Waals surface area contributed by atoms with Crippen molar-refractivity contribution in [1.29, 1.82) is 0 Å². The van der Waals surface area contributed by atoms with E-state index < -0.39 is 4.92 Å². The summed E-state index contributed by atoms with van der Waals surface area (Å²) >= 11 is 1.10. The van der Waals surface area contributed by atoms with Crippen molar-refractivity contribution in [2.75, 3.05) is 5.32 Å². The van der Waals surface area contributed by atoms with Gasteiger partial charge < -0.3 is 5.32 Å². The Balaban J connectivity index is 2.23. The van der Waals surface area contributed by atoms with Crippen LogP contribution in [0.1, 0.15) is 20.2 Å². The van der Waals surface area contributed by atoms with Crippen molar-refractivity contribution in [2.45, 2.75) is 13.8 Å². The average molecular weight is 280 g/mol. The topological polar surface area (TPSA) is 90.1 Å². The van der Waals surface area contributed by atoms with Gasteiger partial charge in [0.15, 0.2) is 0 Å². The number of carbonyl (C=O) groups excluding carboxylic acids is 1. The molecule has 2 aromatic rings. The van der Waals surface area contributed by atoms with Crippen LogP contribution >= 0.6 is 11.3 Å². The number of nitrogens with one attached hydrogen (secondary N) is 1. The Hall–Kier alpha value is -2.22. The molecule has 2 rings (SSSR count). The van der Waals surface area contributed by atoms with Crippen LogP contribution in [0.5, 0.6) is 0 Å². The molecule has 0 fully saturated rings. The molecule has 0 aliphatic carbocycles. The van der Waals surface area contributed by atoms with Crippen LogP contribution in [0.25, 0.3) is 0 Å². The Morgan fingerprint density at radius 3 is 2.63 bits per heavy atom. The van der Waals surface area contributed by atoms with Crippen LogP contribution in [0.2, 0.25) is 0 Å². The first-order valence-corrected chi connectivity index (χ1v) is 6.27. The number of amides is 1. The highest BCUT2D eigenvalue weighted by Gasteiger charge is 2.20. The van der Waals surface area contributed by atoms with E-state index in [-0.39, 0.29) is 11.6 Å². The van der Waals surface area contributed by atoms with E-state index in [1.165, 1.54) is 6.07 Å². The minimum atomic E-state index is -0.489. The van der Waals surface area contributed by atoms with Gasteiger partial charge >= 0.3 is 0 Å². The number of rotatable bonds is 3. The number of hydrogen-bond acceptors (Lipinski definition) is 5. The monoisotopic (exact) mass is 280 g/mol. The highest BCUT2D eigenvalue weighted by molar-refractivity contribution is 7.14. The SMILES string of the molecule is Cc1cc(NC(=O)c2cc([N+](=O)[O-])c(C)s2)n(C)n1. The zero-order chi connectivity index (χ0) is 14.2. The molecule has 19 heavy (non-hydrogen) atoms. The zero-order valence-electron chi connectivity index (χ0n) is 10.6. The summed E-state index contributed by atoms with van der Waals surface area (Å²) < 4.78 is 1.54. The normalized spacial score (nSPS) is 10.5. The first-order valence-electron chi connectivity index (χ1n) is 5.45. The second-order valence-electron chi connectivity index (χ2n) is 4.06. The average Bonchev–Trinajstić information content (AvgIpc) is 2.83. The largest absolute Gasteiger partial charge is 0.306 e. The summed E-state index contributed by atoms with van der Waals surface area (Å²) in [6.45, 7) is 3.43. The summed E-state index contributed by atoms with van der Waals surface area (Å²) in [7, 11) is 1.71. The van der Waals surface area contributed by atoms with Gasteiger partial charge in [0.25, 0.3) is 11.6 Å². The van der Waals surface area contributed by atoms with Gasteiger partial charge in [0, 0.05) is 19.2 Å². The molecule has 0 radical (unpaired) electrons. The highest BCUT2D eigenvalue weighted by atomic mass is 32.1. The smallest absolute Gasteiger partial charge is 0.283 e. The van der Waals surface area contributed by atoms with Gasteiger partial charge in [-0.15, -0.1) is 11.3 Å². The minimum absolute atomic E-state index is 0.0312. The van der Waals surface area contributed by atoms with Crippen molar-refractivity contribution in [3.8, 4) is 0 Å². The number of nitrogens with zero attached hydrogens (tertiary/aromatic N) is 3. The first kappa shape index (κ1) is 13.2. The predicted molar refractivity (Wildman–Crippen MR) is 71.6 cm³/mol. The second kappa shape index (κ2) is 4.81. The minimum Gasteiger partial charge on any atom is -0.306 e. The van der Waals surface area contributed by atoms with E-state index in [4.69, 9.17) is 0 Å². The fraction of sp³-hybridized carbons (Fsp3) is 0.273. The van der Waals surface area contributed by atoms with Gasteiger partial charge in [0.2, 0.25) is 0 Å². The lowest BCUT2D eigenvalue weighted by molar-refractivity contribution is -0.385. The summed E-state index contributed by atoms with van der Waals surface area (Å²) in [5.74, 6) is 0.181. The molecule has 0 saturated heterocycles. The molecule has 8 heteroatoms. The van der Waals surface area contributed by atoms with Gasteiger partial charge in [-0.3, -0.25) is 19.6 Å². The Labute approximate surface area is 113 Å². The van der Waals surface area contributed by atoms with Gasteiger partial charge in [-0.05, 0) is 13.8 Å². The molecule has 7 nitrogen and oxygen atoms in total. The Bertz CT molecular complexity index is 659. The van der Waals surface area contributed by atoms with Crippen LogP contribution in [0.15, 0.2) is 12.1 Å². The summed E-state index contributed by atoms with van der Waals surface area (Å²) in [6, 6.07) is 3.02. The van der Waals surface area contributed by atoms with Crippen molar-refractivity contribution in [2.24, 2.45) is 7.05 Å². The third-order valence-electron chi connectivity index (χ3n) is 2.56. The van der Waals surface area contributed by atoms with Crippen LogP contribution in [-0.2, 0) is 7.05 Å². The summed E-state index contributed by atoms with van der Waals surface area (Å²) in [6.07, 6.45) is 0. The molecule has 0 spiro atoms. The Morgan fingerprint density at radius 1 is 1.47 bits per heavy atom. The van der Waals surface area contributed by atoms with Gasteiger partial charge in [-0.1, -0.05) is 0 Å². The fourth-order valence-corrected chi connectivity index (χ4v) is 2.55. The molecule has 0 aliphatic heterocycles. The Morgan fingerprint density at radius 2 is 2.16 bits per heavy atom. The third-order valence-corrected chi connectivity index (χ3v) is 3.59. The van der Waals surface area contributed by atoms with Crippen molar-refractivity contribution >= 4 is 28.7 Å². The van der Waals surface area contributed by atoms with Crippen molar-refractivity contribution in [1.82, 2.24) is 9.78 Å². The van der Waals surface area contributed by atoms with E-state index >= 15 is 0 Å². The fourth-order valence-electron chi connectivity index (χ4n) is 1.67. The molecule has 0 atom stereocenters. The summed E-state index contributed by atoms with van der Waals surface area (Å²) in [5.41, 5.74) is 0.752. The van der Waals surface area contributed by atoms with E-state index in [9.17, 15) is 14.9 Å². The summed E-state index contributed by atoms with van der Waals surface area (Å²) in [4.78, 5) is 23.1. The van der Waals surface area contributed by atoms with Gasteiger partial charge in [0.1, 0.15) is 5.82 Å². The van der Waals surface area contributed by atoms with Crippen LogP contribution in [-0.4, -0.2) is 20.6 Å². The lowest BCUT2D eigenvalue weighted by Gasteiger charge is -2.02. The molecule has 0 saturated carbocycles. The number of nitro groups is 1. The first-order chi connectivity index (χ1) is 8.88. The van der Waals surface area contributed by atoms with E-state index in [0.29, 0.717) is 15.6 Å². The van der Waals surface area contributed by atoms with E-state index in [1.54, 1.807) is 24.7 Å².